The molecule has 1 atom stereocenters. The van der Waals surface area contributed by atoms with Crippen LogP contribution in [0.4, 0.5) is 0 Å². The van der Waals surface area contributed by atoms with Crippen molar-refractivity contribution in [3.8, 4) is 0 Å². The van der Waals surface area contributed by atoms with Gasteiger partial charge in [0.1, 0.15) is 0 Å². The summed E-state index contributed by atoms with van der Waals surface area (Å²) >= 11 is 6.02. The Labute approximate surface area is 125 Å². The predicted octanol–water partition coefficient (Wildman–Crippen LogP) is 2.60. The lowest BCUT2D eigenvalue weighted by Crippen LogP contribution is -2.44. The summed E-state index contributed by atoms with van der Waals surface area (Å²) in [4.78, 5) is 25.0. The Morgan fingerprint density at radius 2 is 2.00 bits per heavy atom. The van der Waals surface area contributed by atoms with Crippen molar-refractivity contribution in [2.45, 2.75) is 39.8 Å². The molecule has 1 N–H and O–H groups in total. The molecule has 0 fully saturated rings. The van der Waals surface area contributed by atoms with E-state index in [0.29, 0.717) is 11.6 Å². The van der Waals surface area contributed by atoms with Crippen molar-refractivity contribution in [2.75, 3.05) is 6.54 Å². The van der Waals surface area contributed by atoms with E-state index in [-0.39, 0.29) is 24.4 Å². The van der Waals surface area contributed by atoms with Crippen LogP contribution in [0.5, 0.6) is 0 Å². The van der Waals surface area contributed by atoms with Gasteiger partial charge in [-0.2, -0.15) is 0 Å². The van der Waals surface area contributed by atoms with Crippen LogP contribution in [0, 0.1) is 0 Å². The van der Waals surface area contributed by atoms with Gasteiger partial charge in [0.2, 0.25) is 11.8 Å². The van der Waals surface area contributed by atoms with Crippen molar-refractivity contribution in [1.29, 1.82) is 0 Å². The fourth-order valence-electron chi connectivity index (χ4n) is 1.84. The molecule has 5 heteroatoms. The lowest BCUT2D eigenvalue weighted by atomic mass is 10.2. The third-order valence-electron chi connectivity index (χ3n) is 3.28. The summed E-state index contributed by atoms with van der Waals surface area (Å²) < 4.78 is 0. The molecular weight excluding hydrogens is 276 g/mol. The number of hydrogen-bond donors (Lipinski definition) is 1. The minimum Gasteiger partial charge on any atom is -0.350 e. The van der Waals surface area contributed by atoms with Gasteiger partial charge >= 0.3 is 0 Å². The van der Waals surface area contributed by atoms with Gasteiger partial charge in [-0.15, -0.1) is 0 Å². The van der Waals surface area contributed by atoms with Crippen LogP contribution in [-0.4, -0.2) is 29.3 Å². The molecule has 0 radical (unpaired) electrons. The van der Waals surface area contributed by atoms with Gasteiger partial charge in [0.15, 0.2) is 0 Å². The number of benzene rings is 1. The molecule has 1 rings (SSSR count). The van der Waals surface area contributed by atoms with Gasteiger partial charge in [-0.3, -0.25) is 9.59 Å². The second-order valence-electron chi connectivity index (χ2n) is 4.77. The molecule has 20 heavy (non-hydrogen) atoms. The Morgan fingerprint density at radius 1 is 1.35 bits per heavy atom. The molecule has 1 aromatic carbocycles. The number of nitrogens with one attached hydrogen (secondary N) is 1. The van der Waals surface area contributed by atoms with Gasteiger partial charge in [0, 0.05) is 24.5 Å². The van der Waals surface area contributed by atoms with Gasteiger partial charge in [0.05, 0.1) is 6.54 Å². The largest absolute Gasteiger partial charge is 0.350 e. The summed E-state index contributed by atoms with van der Waals surface area (Å²) in [5, 5.41) is 3.41. The van der Waals surface area contributed by atoms with E-state index in [4.69, 9.17) is 11.6 Å². The highest BCUT2D eigenvalue weighted by atomic mass is 35.5. The van der Waals surface area contributed by atoms with E-state index in [9.17, 15) is 9.59 Å². The average molecular weight is 297 g/mol. The van der Waals surface area contributed by atoms with Crippen molar-refractivity contribution < 1.29 is 9.59 Å². The van der Waals surface area contributed by atoms with Crippen LogP contribution in [0.15, 0.2) is 24.3 Å². The van der Waals surface area contributed by atoms with Crippen molar-refractivity contribution in [1.82, 2.24) is 10.2 Å². The maximum absolute atomic E-state index is 11.9. The molecule has 4 nitrogen and oxygen atoms in total. The molecule has 0 saturated heterocycles. The summed E-state index contributed by atoms with van der Waals surface area (Å²) in [7, 11) is 0. The van der Waals surface area contributed by atoms with E-state index in [0.717, 1.165) is 12.0 Å². The molecule has 110 valence electrons. The summed E-state index contributed by atoms with van der Waals surface area (Å²) in [6, 6.07) is 7.41. The third-order valence-corrected chi connectivity index (χ3v) is 3.64. The monoisotopic (exact) mass is 296 g/mol. The lowest BCUT2D eigenvalue weighted by molar-refractivity contribution is -0.136. The molecular formula is C15H21ClN2O2. The number of nitrogens with zero attached hydrogens (tertiary/aromatic N) is 1. The van der Waals surface area contributed by atoms with E-state index in [1.165, 1.54) is 6.92 Å². The quantitative estimate of drug-likeness (QED) is 0.877. The lowest BCUT2D eigenvalue weighted by Gasteiger charge is -2.26. The predicted molar refractivity (Wildman–Crippen MR) is 80.4 cm³/mol. The maximum Gasteiger partial charge on any atom is 0.239 e. The van der Waals surface area contributed by atoms with Crippen molar-refractivity contribution in [2.24, 2.45) is 0 Å². The zero-order valence-electron chi connectivity index (χ0n) is 12.1. The first-order chi connectivity index (χ1) is 9.45. The first kappa shape index (κ1) is 16.5. The van der Waals surface area contributed by atoms with Crippen LogP contribution in [0.3, 0.4) is 0 Å². The second kappa shape index (κ2) is 7.90. The number of halogens is 1. The Bertz CT molecular complexity index is 477. The highest BCUT2D eigenvalue weighted by molar-refractivity contribution is 6.31. The molecule has 0 aromatic heterocycles. The molecule has 0 aliphatic heterocycles. The molecule has 0 aliphatic carbocycles. The van der Waals surface area contributed by atoms with Gasteiger partial charge < -0.3 is 10.2 Å². The number of hydrogen-bond acceptors (Lipinski definition) is 2. The number of carbonyl (C=O) groups excluding carboxylic acids is 2. The van der Waals surface area contributed by atoms with Crippen LogP contribution in [0.25, 0.3) is 0 Å². The minimum atomic E-state index is -0.180. The van der Waals surface area contributed by atoms with Gasteiger partial charge in [-0.05, 0) is 25.0 Å². The van der Waals surface area contributed by atoms with E-state index < -0.39 is 0 Å². The van der Waals surface area contributed by atoms with Crippen molar-refractivity contribution in [3.63, 3.8) is 0 Å². The SMILES string of the molecule is CCC(C)N(CC(=O)NCc1ccccc1Cl)C(C)=O. The summed E-state index contributed by atoms with van der Waals surface area (Å²) in [5.74, 6) is -0.271. The second-order valence-corrected chi connectivity index (χ2v) is 5.18. The highest BCUT2D eigenvalue weighted by Gasteiger charge is 2.18. The normalized spacial score (nSPS) is 11.8. The van der Waals surface area contributed by atoms with Gasteiger partial charge in [0.25, 0.3) is 0 Å². The number of carbonyl (C=O) groups is 2. The van der Waals surface area contributed by atoms with E-state index in [1.54, 1.807) is 11.0 Å². The topological polar surface area (TPSA) is 49.4 Å². The number of rotatable bonds is 6. The zero-order chi connectivity index (χ0) is 15.1. The Morgan fingerprint density at radius 3 is 2.55 bits per heavy atom. The minimum absolute atomic E-state index is 0.0542. The van der Waals surface area contributed by atoms with Crippen molar-refractivity contribution >= 4 is 23.4 Å². The highest BCUT2D eigenvalue weighted by Crippen LogP contribution is 2.14. The van der Waals surface area contributed by atoms with Crippen LogP contribution in [0.1, 0.15) is 32.8 Å². The van der Waals surface area contributed by atoms with E-state index in [1.807, 2.05) is 32.0 Å². The fraction of sp³-hybridized carbons (Fsp3) is 0.467. The fourth-order valence-corrected chi connectivity index (χ4v) is 2.05. The Balaban J connectivity index is 2.55. The molecule has 0 aliphatic rings. The first-order valence-electron chi connectivity index (χ1n) is 6.73. The summed E-state index contributed by atoms with van der Waals surface area (Å²) in [6.07, 6.45) is 0.817. The molecule has 0 heterocycles. The van der Waals surface area contributed by atoms with Gasteiger partial charge in [-0.1, -0.05) is 36.7 Å². The third kappa shape index (κ3) is 4.85. The first-order valence-corrected chi connectivity index (χ1v) is 7.10. The van der Waals surface area contributed by atoms with E-state index >= 15 is 0 Å². The average Bonchev–Trinajstić information content (AvgIpc) is 2.42. The Hall–Kier alpha value is -1.55. The molecule has 1 unspecified atom stereocenters. The van der Waals surface area contributed by atoms with Crippen LogP contribution < -0.4 is 5.32 Å². The number of amides is 2. The summed E-state index contributed by atoms with van der Waals surface area (Å²) in [6.45, 7) is 5.85. The van der Waals surface area contributed by atoms with Crippen LogP contribution in [-0.2, 0) is 16.1 Å². The van der Waals surface area contributed by atoms with Gasteiger partial charge in [-0.25, -0.2) is 0 Å². The van der Waals surface area contributed by atoms with Crippen LogP contribution in [0.2, 0.25) is 5.02 Å². The Kier molecular flexibility index (Phi) is 6.52. The molecule has 0 spiro atoms. The molecule has 0 bridgehead atoms. The van der Waals surface area contributed by atoms with Crippen molar-refractivity contribution in [3.05, 3.63) is 34.9 Å². The molecule has 2 amide bonds. The molecule has 0 saturated carbocycles. The zero-order valence-corrected chi connectivity index (χ0v) is 12.9. The standard InChI is InChI=1S/C15H21ClN2O2/c1-4-11(2)18(12(3)19)10-15(20)17-9-13-7-5-6-8-14(13)16/h5-8,11H,4,9-10H2,1-3H3,(H,17,20). The van der Waals surface area contributed by atoms with E-state index in [2.05, 4.69) is 5.32 Å². The smallest absolute Gasteiger partial charge is 0.239 e. The van der Waals surface area contributed by atoms with Crippen LogP contribution >= 0.6 is 11.6 Å². The maximum atomic E-state index is 11.9. The summed E-state index contributed by atoms with van der Waals surface area (Å²) in [5.41, 5.74) is 0.862. The molecule has 1 aromatic rings.